The highest BCUT2D eigenvalue weighted by atomic mass is 19.4. The number of amides is 1. The molecule has 0 aliphatic rings. The van der Waals surface area contributed by atoms with E-state index in [4.69, 9.17) is 0 Å². The maximum atomic E-state index is 12.0. The summed E-state index contributed by atoms with van der Waals surface area (Å²) in [7, 11) is 0. The van der Waals surface area contributed by atoms with Crippen LogP contribution in [0.25, 0.3) is 0 Å². The van der Waals surface area contributed by atoms with E-state index in [1.54, 1.807) is 30.3 Å². The van der Waals surface area contributed by atoms with E-state index >= 15 is 0 Å². The molecule has 0 unspecified atom stereocenters. The Hall–Kier alpha value is -2.50. The Balaban J connectivity index is 1.91. The van der Waals surface area contributed by atoms with Crippen LogP contribution in [0.2, 0.25) is 0 Å². The molecule has 0 bridgehead atoms. The van der Waals surface area contributed by atoms with Gasteiger partial charge in [-0.1, -0.05) is 30.3 Å². The van der Waals surface area contributed by atoms with Gasteiger partial charge >= 0.3 is 6.36 Å². The van der Waals surface area contributed by atoms with Gasteiger partial charge in [0.1, 0.15) is 5.75 Å². The van der Waals surface area contributed by atoms with Crippen molar-refractivity contribution in [3.05, 3.63) is 65.7 Å². The Morgan fingerprint density at radius 3 is 2.19 bits per heavy atom. The lowest BCUT2D eigenvalue weighted by Crippen LogP contribution is -2.22. The number of ether oxygens (including phenoxy) is 1. The van der Waals surface area contributed by atoms with Crippen LogP contribution in [-0.2, 0) is 6.54 Å². The first-order valence-electron chi connectivity index (χ1n) is 6.12. The summed E-state index contributed by atoms with van der Waals surface area (Å²) in [5.41, 5.74) is 1.20. The minimum Gasteiger partial charge on any atom is -0.406 e. The first-order chi connectivity index (χ1) is 9.94. The van der Waals surface area contributed by atoms with Crippen molar-refractivity contribution in [2.75, 3.05) is 0 Å². The molecule has 0 spiro atoms. The lowest BCUT2D eigenvalue weighted by molar-refractivity contribution is -0.274. The van der Waals surface area contributed by atoms with Crippen molar-refractivity contribution in [3.63, 3.8) is 0 Å². The average Bonchev–Trinajstić information content (AvgIpc) is 2.45. The summed E-state index contributed by atoms with van der Waals surface area (Å²) in [4.78, 5) is 11.8. The zero-order valence-corrected chi connectivity index (χ0v) is 10.9. The van der Waals surface area contributed by atoms with Gasteiger partial charge in [0.05, 0.1) is 0 Å². The normalized spacial score (nSPS) is 11.0. The van der Waals surface area contributed by atoms with E-state index in [9.17, 15) is 18.0 Å². The van der Waals surface area contributed by atoms with E-state index < -0.39 is 6.36 Å². The second-order valence-corrected chi connectivity index (χ2v) is 4.24. The topological polar surface area (TPSA) is 38.3 Å². The van der Waals surface area contributed by atoms with Crippen molar-refractivity contribution in [2.45, 2.75) is 12.9 Å². The predicted molar refractivity (Wildman–Crippen MR) is 70.7 cm³/mol. The number of alkyl halides is 3. The summed E-state index contributed by atoms with van der Waals surface area (Å²) in [5, 5.41) is 2.68. The lowest BCUT2D eigenvalue weighted by atomic mass is 10.2. The Kier molecular flexibility index (Phi) is 4.47. The van der Waals surface area contributed by atoms with Crippen molar-refractivity contribution in [1.29, 1.82) is 0 Å². The molecule has 2 aromatic rings. The largest absolute Gasteiger partial charge is 0.573 e. The Labute approximate surface area is 119 Å². The summed E-state index contributed by atoms with van der Waals surface area (Å²) in [6.07, 6.45) is -4.71. The fourth-order valence-corrected chi connectivity index (χ4v) is 1.68. The van der Waals surface area contributed by atoms with Crippen molar-refractivity contribution < 1.29 is 22.7 Å². The molecular weight excluding hydrogens is 283 g/mol. The molecule has 1 N–H and O–H groups in total. The summed E-state index contributed by atoms with van der Waals surface area (Å²) in [6, 6.07) is 14.0. The van der Waals surface area contributed by atoms with Crippen LogP contribution in [0.1, 0.15) is 15.9 Å². The van der Waals surface area contributed by atoms with Gasteiger partial charge in [-0.05, 0) is 29.8 Å². The van der Waals surface area contributed by atoms with Gasteiger partial charge in [0, 0.05) is 12.1 Å². The molecule has 0 aliphatic heterocycles. The minimum absolute atomic E-state index is 0.222. The van der Waals surface area contributed by atoms with Crippen LogP contribution in [0.5, 0.6) is 5.75 Å². The summed E-state index contributed by atoms with van der Waals surface area (Å²) in [5.74, 6) is -0.535. The molecule has 0 saturated heterocycles. The van der Waals surface area contributed by atoms with Gasteiger partial charge in [-0.3, -0.25) is 4.79 Å². The van der Waals surface area contributed by atoms with Gasteiger partial charge in [0.25, 0.3) is 5.91 Å². The van der Waals surface area contributed by atoms with Gasteiger partial charge in [-0.2, -0.15) is 0 Å². The quantitative estimate of drug-likeness (QED) is 0.937. The van der Waals surface area contributed by atoms with Crippen LogP contribution in [0.3, 0.4) is 0 Å². The highest BCUT2D eigenvalue weighted by molar-refractivity contribution is 5.94. The third-order valence-corrected chi connectivity index (χ3v) is 2.65. The van der Waals surface area contributed by atoms with Crippen LogP contribution in [0.4, 0.5) is 13.2 Å². The standard InChI is InChI=1S/C15H12F3NO2/c16-15(17,18)21-13-8-6-11(7-9-13)10-19-14(20)12-4-2-1-3-5-12/h1-9H,10H2,(H,19,20). The molecule has 0 saturated carbocycles. The van der Waals surface area contributed by atoms with Crippen LogP contribution in [0, 0.1) is 0 Å². The second-order valence-electron chi connectivity index (χ2n) is 4.24. The number of carbonyl (C=O) groups is 1. The Morgan fingerprint density at radius 2 is 1.62 bits per heavy atom. The van der Waals surface area contributed by atoms with E-state index in [0.29, 0.717) is 11.1 Å². The Bertz CT molecular complexity index is 595. The SMILES string of the molecule is O=C(NCc1ccc(OC(F)(F)F)cc1)c1ccccc1. The number of hydrogen-bond donors (Lipinski definition) is 1. The summed E-state index contributed by atoms with van der Waals surface area (Å²) in [6.45, 7) is 0.222. The van der Waals surface area contributed by atoms with E-state index in [1.807, 2.05) is 0 Å². The average molecular weight is 295 g/mol. The number of rotatable bonds is 4. The van der Waals surface area contributed by atoms with Gasteiger partial charge < -0.3 is 10.1 Å². The number of benzene rings is 2. The molecule has 110 valence electrons. The molecule has 6 heteroatoms. The zero-order valence-electron chi connectivity index (χ0n) is 10.9. The molecule has 0 fully saturated rings. The highest BCUT2D eigenvalue weighted by Crippen LogP contribution is 2.22. The number of carbonyl (C=O) groups excluding carboxylic acids is 1. The first kappa shape index (κ1) is 14.9. The number of nitrogens with one attached hydrogen (secondary N) is 1. The van der Waals surface area contributed by atoms with Gasteiger partial charge in [-0.15, -0.1) is 13.2 Å². The minimum atomic E-state index is -4.71. The second kappa shape index (κ2) is 6.30. The molecule has 0 radical (unpaired) electrons. The van der Waals surface area contributed by atoms with Crippen molar-refractivity contribution in [3.8, 4) is 5.75 Å². The van der Waals surface area contributed by atoms with Gasteiger partial charge in [-0.25, -0.2) is 0 Å². The molecule has 3 nitrogen and oxygen atoms in total. The van der Waals surface area contributed by atoms with E-state index in [2.05, 4.69) is 10.1 Å². The number of hydrogen-bond acceptors (Lipinski definition) is 2. The highest BCUT2D eigenvalue weighted by Gasteiger charge is 2.30. The lowest BCUT2D eigenvalue weighted by Gasteiger charge is -2.09. The van der Waals surface area contributed by atoms with E-state index in [1.165, 1.54) is 24.3 Å². The molecule has 0 atom stereocenters. The predicted octanol–water partition coefficient (Wildman–Crippen LogP) is 3.52. The fourth-order valence-electron chi connectivity index (χ4n) is 1.68. The maximum absolute atomic E-state index is 12.0. The van der Waals surface area contributed by atoms with Gasteiger partial charge in [0.2, 0.25) is 0 Å². The van der Waals surface area contributed by atoms with Crippen LogP contribution >= 0.6 is 0 Å². The van der Waals surface area contributed by atoms with E-state index in [-0.39, 0.29) is 18.2 Å². The third kappa shape index (κ3) is 4.83. The summed E-state index contributed by atoms with van der Waals surface area (Å²) >= 11 is 0. The zero-order chi connectivity index (χ0) is 15.3. The third-order valence-electron chi connectivity index (χ3n) is 2.65. The molecular formula is C15H12F3NO2. The molecule has 2 aromatic carbocycles. The first-order valence-corrected chi connectivity index (χ1v) is 6.12. The molecule has 0 aromatic heterocycles. The van der Waals surface area contributed by atoms with Crippen LogP contribution in [0.15, 0.2) is 54.6 Å². The van der Waals surface area contributed by atoms with Crippen molar-refractivity contribution in [2.24, 2.45) is 0 Å². The fraction of sp³-hybridized carbons (Fsp3) is 0.133. The molecule has 1 amide bonds. The Morgan fingerprint density at radius 1 is 1.00 bits per heavy atom. The van der Waals surface area contributed by atoms with Crippen LogP contribution < -0.4 is 10.1 Å². The van der Waals surface area contributed by atoms with Crippen LogP contribution in [-0.4, -0.2) is 12.3 Å². The molecule has 2 rings (SSSR count). The molecule has 21 heavy (non-hydrogen) atoms. The molecule has 0 heterocycles. The monoisotopic (exact) mass is 295 g/mol. The smallest absolute Gasteiger partial charge is 0.406 e. The van der Waals surface area contributed by atoms with Crippen molar-refractivity contribution >= 4 is 5.91 Å². The summed E-state index contributed by atoms with van der Waals surface area (Å²) < 4.78 is 39.8. The van der Waals surface area contributed by atoms with Gasteiger partial charge in [0.15, 0.2) is 0 Å². The number of halogens is 3. The molecule has 0 aliphatic carbocycles. The van der Waals surface area contributed by atoms with E-state index in [0.717, 1.165) is 0 Å². The van der Waals surface area contributed by atoms with Crippen molar-refractivity contribution in [1.82, 2.24) is 5.32 Å². The maximum Gasteiger partial charge on any atom is 0.573 e.